The Morgan fingerprint density at radius 2 is 1.85 bits per heavy atom. The first-order valence-electron chi connectivity index (χ1n) is 8.23. The molecule has 136 valence electrons. The summed E-state index contributed by atoms with van der Waals surface area (Å²) < 4.78 is 8.67. The van der Waals surface area contributed by atoms with Gasteiger partial charge in [-0.05, 0) is 5.56 Å². The summed E-state index contributed by atoms with van der Waals surface area (Å²) in [6.07, 6.45) is -1.28. The normalized spacial score (nSPS) is 25.8. The molecule has 9 heteroatoms. The van der Waals surface area contributed by atoms with Crippen molar-refractivity contribution in [1.29, 1.82) is 5.41 Å². The Kier molecular flexibility index (Phi) is 4.29. The number of ether oxygens (including phenoxy) is 1. The number of nitrogens with one attached hydrogen (secondary N) is 1. The highest BCUT2D eigenvalue weighted by atomic mass is 16.6. The Morgan fingerprint density at radius 3 is 2.54 bits per heavy atom. The van der Waals surface area contributed by atoms with Crippen molar-refractivity contribution >= 4 is 11.2 Å². The molecular weight excluding hydrogens is 338 g/mol. The molecule has 4 N–H and O–H groups in total. The van der Waals surface area contributed by atoms with E-state index in [2.05, 4.69) is 9.97 Å². The lowest BCUT2D eigenvalue weighted by Gasteiger charge is -2.16. The number of aliphatic hydroxyl groups excluding tert-OH is 3. The van der Waals surface area contributed by atoms with E-state index in [0.29, 0.717) is 17.7 Å². The summed E-state index contributed by atoms with van der Waals surface area (Å²) in [5.41, 5.74) is 1.95. The Labute approximate surface area is 148 Å². The first kappa shape index (κ1) is 16.9. The van der Waals surface area contributed by atoms with Gasteiger partial charge in [0.05, 0.1) is 25.8 Å². The van der Waals surface area contributed by atoms with Gasteiger partial charge in [0.25, 0.3) is 0 Å². The molecule has 3 heterocycles. The van der Waals surface area contributed by atoms with E-state index in [4.69, 9.17) is 10.1 Å². The fourth-order valence-corrected chi connectivity index (χ4v) is 3.16. The molecule has 0 saturated carbocycles. The van der Waals surface area contributed by atoms with Crippen LogP contribution in [0.25, 0.3) is 11.2 Å². The van der Waals surface area contributed by atoms with Crippen molar-refractivity contribution in [3.05, 3.63) is 54.0 Å². The van der Waals surface area contributed by atoms with E-state index in [0.717, 1.165) is 5.56 Å². The summed E-state index contributed by atoms with van der Waals surface area (Å²) in [5.74, 6) is 0. The number of benzene rings is 1. The van der Waals surface area contributed by atoms with E-state index in [9.17, 15) is 15.3 Å². The second kappa shape index (κ2) is 6.61. The van der Waals surface area contributed by atoms with Crippen LogP contribution in [0.15, 0.2) is 43.0 Å². The lowest BCUT2D eigenvalue weighted by Crippen LogP contribution is -2.33. The van der Waals surface area contributed by atoms with Gasteiger partial charge in [0.15, 0.2) is 17.4 Å². The Balaban J connectivity index is 1.70. The molecule has 0 amide bonds. The average molecular weight is 357 g/mol. The SMILES string of the molecule is N=c1c2ncn(C3O[C@H](CO)[C@@H](O)[C@H]3O)c2ncn1Cc1ccccc1. The minimum Gasteiger partial charge on any atom is -0.394 e. The van der Waals surface area contributed by atoms with Crippen LogP contribution >= 0.6 is 0 Å². The predicted molar refractivity (Wildman–Crippen MR) is 89.9 cm³/mol. The molecule has 1 fully saturated rings. The zero-order chi connectivity index (χ0) is 18.3. The lowest BCUT2D eigenvalue weighted by atomic mass is 10.1. The van der Waals surface area contributed by atoms with Crippen LogP contribution in [-0.2, 0) is 11.3 Å². The van der Waals surface area contributed by atoms with Crippen molar-refractivity contribution in [2.24, 2.45) is 0 Å². The van der Waals surface area contributed by atoms with Crippen LogP contribution in [0.5, 0.6) is 0 Å². The second-order valence-electron chi connectivity index (χ2n) is 6.26. The van der Waals surface area contributed by atoms with Gasteiger partial charge in [-0.1, -0.05) is 30.3 Å². The molecule has 1 unspecified atom stereocenters. The second-order valence-corrected chi connectivity index (χ2v) is 6.26. The number of nitrogens with zero attached hydrogens (tertiary/aromatic N) is 4. The van der Waals surface area contributed by atoms with Crippen LogP contribution in [0, 0.1) is 5.41 Å². The van der Waals surface area contributed by atoms with Gasteiger partial charge in [0.1, 0.15) is 23.8 Å². The maximum absolute atomic E-state index is 10.2. The monoisotopic (exact) mass is 357 g/mol. The molecule has 1 aromatic carbocycles. The van der Waals surface area contributed by atoms with Gasteiger partial charge in [-0.15, -0.1) is 0 Å². The molecule has 4 rings (SSSR count). The quantitative estimate of drug-likeness (QED) is 0.492. The number of imidazole rings is 1. The van der Waals surface area contributed by atoms with Gasteiger partial charge >= 0.3 is 0 Å². The number of hydrogen-bond donors (Lipinski definition) is 4. The van der Waals surface area contributed by atoms with Gasteiger partial charge in [0, 0.05) is 0 Å². The molecule has 0 bridgehead atoms. The number of hydrogen-bond acceptors (Lipinski definition) is 7. The summed E-state index contributed by atoms with van der Waals surface area (Å²) in [6, 6.07) is 9.73. The van der Waals surface area contributed by atoms with E-state index in [-0.39, 0.29) is 5.49 Å². The Morgan fingerprint density at radius 1 is 1.08 bits per heavy atom. The third-order valence-electron chi connectivity index (χ3n) is 4.59. The molecule has 0 aliphatic carbocycles. The van der Waals surface area contributed by atoms with Crippen LogP contribution in [0.3, 0.4) is 0 Å². The summed E-state index contributed by atoms with van der Waals surface area (Å²) in [7, 11) is 0. The van der Waals surface area contributed by atoms with Crippen LogP contribution < -0.4 is 5.49 Å². The van der Waals surface area contributed by atoms with Gasteiger partial charge < -0.3 is 24.6 Å². The molecule has 0 spiro atoms. The molecule has 1 aliphatic heterocycles. The van der Waals surface area contributed by atoms with Crippen molar-refractivity contribution in [2.75, 3.05) is 6.61 Å². The first-order chi connectivity index (χ1) is 12.6. The number of aliphatic hydroxyl groups is 3. The number of aromatic nitrogens is 4. The van der Waals surface area contributed by atoms with Crippen LogP contribution in [0.2, 0.25) is 0 Å². The van der Waals surface area contributed by atoms with Crippen LogP contribution in [0.1, 0.15) is 11.8 Å². The van der Waals surface area contributed by atoms with Crippen molar-refractivity contribution in [3.8, 4) is 0 Å². The fourth-order valence-electron chi connectivity index (χ4n) is 3.16. The Bertz CT molecular complexity index is 970. The largest absolute Gasteiger partial charge is 0.394 e. The van der Waals surface area contributed by atoms with Gasteiger partial charge in [-0.3, -0.25) is 9.98 Å². The van der Waals surface area contributed by atoms with Crippen molar-refractivity contribution < 1.29 is 20.1 Å². The molecule has 1 saturated heterocycles. The first-order valence-corrected chi connectivity index (χ1v) is 8.23. The van der Waals surface area contributed by atoms with E-state index in [1.165, 1.54) is 17.2 Å². The average Bonchev–Trinajstić information content (AvgIpc) is 3.20. The van der Waals surface area contributed by atoms with Crippen LogP contribution in [-0.4, -0.2) is 59.3 Å². The topological polar surface area (TPSA) is 129 Å². The van der Waals surface area contributed by atoms with E-state index in [1.807, 2.05) is 30.3 Å². The molecule has 1 aliphatic rings. The van der Waals surface area contributed by atoms with E-state index < -0.39 is 31.1 Å². The maximum Gasteiger partial charge on any atom is 0.167 e. The van der Waals surface area contributed by atoms with E-state index >= 15 is 0 Å². The van der Waals surface area contributed by atoms with Gasteiger partial charge in [-0.2, -0.15) is 0 Å². The highest BCUT2D eigenvalue weighted by molar-refractivity contribution is 5.68. The zero-order valence-corrected chi connectivity index (χ0v) is 13.8. The third-order valence-corrected chi connectivity index (χ3v) is 4.59. The highest BCUT2D eigenvalue weighted by Gasteiger charge is 2.43. The molecule has 26 heavy (non-hydrogen) atoms. The lowest BCUT2D eigenvalue weighted by molar-refractivity contribution is -0.0511. The molecule has 9 nitrogen and oxygen atoms in total. The van der Waals surface area contributed by atoms with Gasteiger partial charge in [-0.25, -0.2) is 9.97 Å². The predicted octanol–water partition coefficient (Wildman–Crippen LogP) is -0.628. The fraction of sp³-hybridized carbons (Fsp3) is 0.353. The molecule has 4 atom stereocenters. The third kappa shape index (κ3) is 2.71. The summed E-state index contributed by atoms with van der Waals surface area (Å²) in [4.78, 5) is 8.59. The molecule has 3 aromatic rings. The highest BCUT2D eigenvalue weighted by Crippen LogP contribution is 2.30. The zero-order valence-electron chi connectivity index (χ0n) is 13.8. The standard InChI is InChI=1S/C17H19N5O4/c18-15-12-16(20-8-21(15)6-10-4-2-1-3-5-10)22(9-19-12)17-14(25)13(24)11(7-23)26-17/h1-5,8-9,11,13-14,17-18,23-25H,6-7H2/t11-,13-,14-,17?/m1/s1. The van der Waals surface area contributed by atoms with Gasteiger partial charge in [0.2, 0.25) is 0 Å². The number of rotatable bonds is 4. The minimum atomic E-state index is -1.22. The molecular formula is C17H19N5O4. The summed E-state index contributed by atoms with van der Waals surface area (Å²) in [6.45, 7) is 0.0822. The minimum absolute atomic E-state index is 0.185. The van der Waals surface area contributed by atoms with Crippen molar-refractivity contribution in [1.82, 2.24) is 19.1 Å². The van der Waals surface area contributed by atoms with Crippen LogP contribution in [0.4, 0.5) is 0 Å². The smallest absolute Gasteiger partial charge is 0.167 e. The van der Waals surface area contributed by atoms with Crippen molar-refractivity contribution in [2.45, 2.75) is 31.1 Å². The van der Waals surface area contributed by atoms with Crippen molar-refractivity contribution in [3.63, 3.8) is 0 Å². The molecule has 0 radical (unpaired) electrons. The summed E-state index contributed by atoms with van der Waals surface area (Å²) >= 11 is 0. The summed E-state index contributed by atoms with van der Waals surface area (Å²) in [5, 5.41) is 37.8. The maximum atomic E-state index is 10.2. The number of fused-ring (bicyclic) bond motifs is 1. The Hall–Kier alpha value is -2.59. The molecule has 2 aromatic heterocycles. The van der Waals surface area contributed by atoms with E-state index in [1.54, 1.807) is 4.57 Å².